The fraction of sp³-hybridized carbons (Fsp3) is 0.500. The van der Waals surface area contributed by atoms with Crippen molar-refractivity contribution < 1.29 is 9.47 Å². The molecule has 1 aromatic carbocycles. The third kappa shape index (κ3) is 3.36. The quantitative estimate of drug-likeness (QED) is 0.887. The molecule has 20 heavy (non-hydrogen) atoms. The fourth-order valence-electron chi connectivity index (χ4n) is 2.29. The van der Waals surface area contributed by atoms with Crippen LogP contribution in [0.25, 0.3) is 6.08 Å². The molecule has 1 aliphatic carbocycles. The molecule has 0 unspecified atom stereocenters. The SMILES string of the molecule is CCC(=Cc1cc(Br)c2c(c1)OCCO2)CNC1CC1. The van der Waals surface area contributed by atoms with E-state index in [2.05, 4.69) is 46.4 Å². The van der Waals surface area contributed by atoms with Crippen LogP contribution in [0.3, 0.4) is 0 Å². The van der Waals surface area contributed by atoms with Gasteiger partial charge in [-0.2, -0.15) is 0 Å². The molecular formula is C16H20BrNO2. The molecule has 0 amide bonds. The van der Waals surface area contributed by atoms with Gasteiger partial charge in [0, 0.05) is 12.6 Å². The maximum atomic E-state index is 5.67. The number of benzene rings is 1. The van der Waals surface area contributed by atoms with E-state index in [0.717, 1.165) is 40.5 Å². The molecule has 0 bridgehead atoms. The summed E-state index contributed by atoms with van der Waals surface area (Å²) in [6.45, 7) is 4.42. The molecule has 0 saturated heterocycles. The lowest BCUT2D eigenvalue weighted by Gasteiger charge is -2.20. The van der Waals surface area contributed by atoms with Gasteiger partial charge in [-0.3, -0.25) is 0 Å². The van der Waals surface area contributed by atoms with E-state index in [-0.39, 0.29) is 0 Å². The van der Waals surface area contributed by atoms with Crippen molar-refractivity contribution in [2.45, 2.75) is 32.2 Å². The van der Waals surface area contributed by atoms with Gasteiger partial charge in [0.15, 0.2) is 11.5 Å². The molecule has 1 heterocycles. The van der Waals surface area contributed by atoms with Crippen LogP contribution < -0.4 is 14.8 Å². The summed E-state index contributed by atoms with van der Waals surface area (Å²) in [7, 11) is 0. The normalized spacial score (nSPS) is 18.2. The number of hydrogen-bond acceptors (Lipinski definition) is 3. The molecule has 0 atom stereocenters. The molecule has 1 N–H and O–H groups in total. The Morgan fingerprint density at radius 3 is 2.90 bits per heavy atom. The Morgan fingerprint density at radius 1 is 1.35 bits per heavy atom. The maximum absolute atomic E-state index is 5.67. The molecule has 1 fully saturated rings. The summed E-state index contributed by atoms with van der Waals surface area (Å²) < 4.78 is 12.3. The largest absolute Gasteiger partial charge is 0.486 e. The van der Waals surface area contributed by atoms with Crippen LogP contribution >= 0.6 is 15.9 Å². The average Bonchev–Trinajstić information content (AvgIpc) is 3.27. The summed E-state index contributed by atoms with van der Waals surface area (Å²) in [4.78, 5) is 0. The predicted molar refractivity (Wildman–Crippen MR) is 84.4 cm³/mol. The summed E-state index contributed by atoms with van der Waals surface area (Å²) in [5.41, 5.74) is 2.58. The summed E-state index contributed by atoms with van der Waals surface area (Å²) >= 11 is 3.57. The Hall–Kier alpha value is -1.00. The molecule has 108 valence electrons. The van der Waals surface area contributed by atoms with Crippen LogP contribution in [0.5, 0.6) is 11.5 Å². The van der Waals surface area contributed by atoms with Gasteiger partial charge in [-0.15, -0.1) is 0 Å². The van der Waals surface area contributed by atoms with Crippen LogP contribution in [0.15, 0.2) is 22.2 Å². The number of hydrogen-bond donors (Lipinski definition) is 1. The molecule has 3 rings (SSSR count). The zero-order valence-electron chi connectivity index (χ0n) is 11.7. The molecule has 0 aromatic heterocycles. The Labute approximate surface area is 128 Å². The molecule has 2 aliphatic rings. The minimum atomic E-state index is 0.617. The second-order valence-corrected chi connectivity index (χ2v) is 6.19. The number of ether oxygens (including phenoxy) is 2. The van der Waals surface area contributed by atoms with Gasteiger partial charge in [0.2, 0.25) is 0 Å². The van der Waals surface area contributed by atoms with Gasteiger partial charge >= 0.3 is 0 Å². The van der Waals surface area contributed by atoms with Crippen LogP contribution in [0, 0.1) is 0 Å². The molecule has 4 heteroatoms. The van der Waals surface area contributed by atoms with E-state index in [1.165, 1.54) is 18.4 Å². The minimum absolute atomic E-state index is 0.617. The summed E-state index contributed by atoms with van der Waals surface area (Å²) in [6.07, 6.45) is 5.96. The first-order valence-electron chi connectivity index (χ1n) is 7.28. The number of rotatable bonds is 5. The van der Waals surface area contributed by atoms with Crippen molar-refractivity contribution in [1.82, 2.24) is 5.32 Å². The van der Waals surface area contributed by atoms with E-state index in [4.69, 9.17) is 9.47 Å². The van der Waals surface area contributed by atoms with E-state index in [9.17, 15) is 0 Å². The molecule has 0 spiro atoms. The van der Waals surface area contributed by atoms with Gasteiger partial charge in [0.25, 0.3) is 0 Å². The Kier molecular flexibility index (Phi) is 4.32. The Bertz CT molecular complexity index is 523. The van der Waals surface area contributed by atoms with Crippen molar-refractivity contribution in [1.29, 1.82) is 0 Å². The zero-order chi connectivity index (χ0) is 13.9. The highest BCUT2D eigenvalue weighted by molar-refractivity contribution is 9.10. The lowest BCUT2D eigenvalue weighted by atomic mass is 10.1. The Morgan fingerprint density at radius 2 is 2.15 bits per heavy atom. The highest BCUT2D eigenvalue weighted by Gasteiger charge is 2.20. The van der Waals surface area contributed by atoms with Crippen LogP contribution in [-0.4, -0.2) is 25.8 Å². The van der Waals surface area contributed by atoms with Gasteiger partial charge in [0.1, 0.15) is 13.2 Å². The molecular weight excluding hydrogens is 318 g/mol. The second kappa shape index (κ2) is 6.19. The molecule has 1 saturated carbocycles. The van der Waals surface area contributed by atoms with Crippen LogP contribution in [0.4, 0.5) is 0 Å². The van der Waals surface area contributed by atoms with Crippen molar-refractivity contribution in [3.05, 3.63) is 27.7 Å². The third-order valence-electron chi connectivity index (χ3n) is 3.64. The lowest BCUT2D eigenvalue weighted by Crippen LogP contribution is -2.19. The van der Waals surface area contributed by atoms with Gasteiger partial charge < -0.3 is 14.8 Å². The Balaban J connectivity index is 1.79. The van der Waals surface area contributed by atoms with Crippen molar-refractivity contribution in [3.63, 3.8) is 0 Å². The van der Waals surface area contributed by atoms with Crippen LogP contribution in [-0.2, 0) is 0 Å². The molecule has 3 nitrogen and oxygen atoms in total. The summed E-state index contributed by atoms with van der Waals surface area (Å²) in [5, 5.41) is 3.57. The zero-order valence-corrected chi connectivity index (χ0v) is 13.3. The number of halogens is 1. The first kappa shape index (κ1) is 14.0. The number of fused-ring (bicyclic) bond motifs is 1. The number of nitrogens with one attached hydrogen (secondary N) is 1. The smallest absolute Gasteiger partial charge is 0.175 e. The van der Waals surface area contributed by atoms with E-state index in [1.54, 1.807) is 0 Å². The van der Waals surface area contributed by atoms with E-state index < -0.39 is 0 Å². The monoisotopic (exact) mass is 337 g/mol. The highest BCUT2D eigenvalue weighted by Crippen LogP contribution is 2.39. The highest BCUT2D eigenvalue weighted by atomic mass is 79.9. The molecule has 0 radical (unpaired) electrons. The average molecular weight is 338 g/mol. The van der Waals surface area contributed by atoms with Gasteiger partial charge in [-0.1, -0.05) is 18.6 Å². The summed E-state index contributed by atoms with van der Waals surface area (Å²) in [6, 6.07) is 4.91. The van der Waals surface area contributed by atoms with Gasteiger partial charge in [0.05, 0.1) is 4.47 Å². The van der Waals surface area contributed by atoms with E-state index in [1.807, 2.05) is 0 Å². The fourth-order valence-corrected chi connectivity index (χ4v) is 2.87. The van der Waals surface area contributed by atoms with Gasteiger partial charge in [-0.05, 0) is 52.9 Å². The molecule has 1 aliphatic heterocycles. The predicted octanol–water partition coefficient (Wildman–Crippen LogP) is 3.77. The summed E-state index contributed by atoms with van der Waals surface area (Å²) in [5.74, 6) is 1.66. The van der Waals surface area contributed by atoms with Gasteiger partial charge in [-0.25, -0.2) is 0 Å². The minimum Gasteiger partial charge on any atom is -0.486 e. The molecule has 1 aromatic rings. The maximum Gasteiger partial charge on any atom is 0.175 e. The van der Waals surface area contributed by atoms with Crippen molar-refractivity contribution in [2.75, 3.05) is 19.8 Å². The van der Waals surface area contributed by atoms with Crippen LogP contribution in [0.2, 0.25) is 0 Å². The lowest BCUT2D eigenvalue weighted by molar-refractivity contribution is 0.170. The van der Waals surface area contributed by atoms with Crippen molar-refractivity contribution >= 4 is 22.0 Å². The van der Waals surface area contributed by atoms with Crippen molar-refractivity contribution in [3.8, 4) is 11.5 Å². The van der Waals surface area contributed by atoms with Crippen molar-refractivity contribution in [2.24, 2.45) is 0 Å². The van der Waals surface area contributed by atoms with Crippen LogP contribution in [0.1, 0.15) is 31.7 Å². The first-order valence-corrected chi connectivity index (χ1v) is 8.07. The topological polar surface area (TPSA) is 30.5 Å². The first-order chi connectivity index (χ1) is 9.76. The van der Waals surface area contributed by atoms with E-state index in [0.29, 0.717) is 13.2 Å². The standard InChI is InChI=1S/C16H20BrNO2/c1-2-11(10-18-13-3-4-13)7-12-8-14(17)16-15(9-12)19-5-6-20-16/h7-9,13,18H,2-6,10H2,1H3. The van der Waals surface area contributed by atoms with E-state index >= 15 is 0 Å². The second-order valence-electron chi connectivity index (χ2n) is 5.34. The third-order valence-corrected chi connectivity index (χ3v) is 4.23.